The first kappa shape index (κ1) is 16.4. The maximum absolute atomic E-state index is 13.5. The predicted octanol–water partition coefficient (Wildman–Crippen LogP) is 5.29. The number of aryl methyl sites for hydroxylation is 1. The molecule has 0 fully saturated rings. The van der Waals surface area contributed by atoms with Gasteiger partial charge in [-0.25, -0.2) is 4.39 Å². The summed E-state index contributed by atoms with van der Waals surface area (Å²) in [6.07, 6.45) is 3.49. The van der Waals surface area contributed by atoms with E-state index < -0.39 is 0 Å². The lowest BCUT2D eigenvalue weighted by Crippen LogP contribution is -2.19. The highest BCUT2D eigenvalue weighted by atomic mass is 32.1. The second kappa shape index (κ2) is 7.90. The molecule has 22 heavy (non-hydrogen) atoms. The average Bonchev–Trinajstić information content (AvgIpc) is 2.51. The van der Waals surface area contributed by atoms with E-state index in [-0.39, 0.29) is 5.82 Å². The van der Waals surface area contributed by atoms with Gasteiger partial charge < -0.3 is 10.6 Å². The van der Waals surface area contributed by atoms with Crippen LogP contribution in [0, 0.1) is 12.7 Å². The first-order chi connectivity index (χ1) is 10.6. The van der Waals surface area contributed by atoms with Crippen LogP contribution in [0.3, 0.4) is 0 Å². The summed E-state index contributed by atoms with van der Waals surface area (Å²) in [6.45, 7) is 3.91. The number of unbranched alkanes of at least 4 members (excludes halogenated alkanes) is 1. The minimum Gasteiger partial charge on any atom is -0.332 e. The van der Waals surface area contributed by atoms with Gasteiger partial charge in [0.25, 0.3) is 0 Å². The van der Waals surface area contributed by atoms with E-state index in [1.54, 1.807) is 19.1 Å². The fraction of sp³-hybridized carbons (Fsp3) is 0.278. The van der Waals surface area contributed by atoms with Crippen LogP contribution in [0.2, 0.25) is 0 Å². The number of halogens is 1. The number of hydrogen-bond acceptors (Lipinski definition) is 1. The molecule has 2 nitrogen and oxygen atoms in total. The molecule has 0 spiro atoms. The molecule has 2 aromatic carbocycles. The molecule has 2 aromatic rings. The third-order valence-corrected chi connectivity index (χ3v) is 3.75. The maximum atomic E-state index is 13.5. The zero-order chi connectivity index (χ0) is 15.9. The summed E-state index contributed by atoms with van der Waals surface area (Å²) in [5, 5.41) is 6.60. The zero-order valence-electron chi connectivity index (χ0n) is 12.9. The van der Waals surface area contributed by atoms with Gasteiger partial charge in [-0.3, -0.25) is 0 Å². The molecule has 0 atom stereocenters. The van der Waals surface area contributed by atoms with E-state index in [4.69, 9.17) is 12.2 Å². The number of benzene rings is 2. The monoisotopic (exact) mass is 316 g/mol. The van der Waals surface area contributed by atoms with Crippen LogP contribution in [0.5, 0.6) is 0 Å². The van der Waals surface area contributed by atoms with Gasteiger partial charge in [0.05, 0.1) is 0 Å². The lowest BCUT2D eigenvalue weighted by Gasteiger charge is -2.13. The summed E-state index contributed by atoms with van der Waals surface area (Å²) in [5.41, 5.74) is 3.48. The molecular weight excluding hydrogens is 295 g/mol. The first-order valence-corrected chi connectivity index (χ1v) is 7.93. The van der Waals surface area contributed by atoms with Crippen LogP contribution in [-0.2, 0) is 6.42 Å². The van der Waals surface area contributed by atoms with Crippen LogP contribution in [-0.4, -0.2) is 5.11 Å². The molecular formula is C18H21FN2S. The van der Waals surface area contributed by atoms with E-state index in [2.05, 4.69) is 29.7 Å². The quantitative estimate of drug-likeness (QED) is 0.733. The SMILES string of the molecule is CCCCc1ccc(NC(=S)Nc2cccc(F)c2C)cc1. The Hall–Kier alpha value is -1.94. The van der Waals surface area contributed by atoms with Crippen molar-refractivity contribution in [2.24, 2.45) is 0 Å². The highest BCUT2D eigenvalue weighted by Gasteiger charge is 2.05. The van der Waals surface area contributed by atoms with Crippen molar-refractivity contribution in [1.29, 1.82) is 0 Å². The second-order valence-corrected chi connectivity index (χ2v) is 5.70. The summed E-state index contributed by atoms with van der Waals surface area (Å²) in [4.78, 5) is 0. The van der Waals surface area contributed by atoms with Gasteiger partial charge >= 0.3 is 0 Å². The fourth-order valence-electron chi connectivity index (χ4n) is 2.16. The Kier molecular flexibility index (Phi) is 5.90. The molecule has 0 aliphatic heterocycles. The van der Waals surface area contributed by atoms with E-state index in [9.17, 15) is 4.39 Å². The van der Waals surface area contributed by atoms with Crippen molar-refractivity contribution in [3.8, 4) is 0 Å². The average molecular weight is 316 g/mol. The van der Waals surface area contributed by atoms with E-state index >= 15 is 0 Å². The number of nitrogens with one attached hydrogen (secondary N) is 2. The van der Waals surface area contributed by atoms with Crippen LogP contribution < -0.4 is 10.6 Å². The molecule has 116 valence electrons. The Morgan fingerprint density at radius 1 is 1.09 bits per heavy atom. The molecule has 2 rings (SSSR count). The molecule has 0 aliphatic carbocycles. The second-order valence-electron chi connectivity index (χ2n) is 5.29. The largest absolute Gasteiger partial charge is 0.332 e. The predicted molar refractivity (Wildman–Crippen MR) is 96.0 cm³/mol. The number of anilines is 2. The third kappa shape index (κ3) is 4.53. The van der Waals surface area contributed by atoms with E-state index in [0.29, 0.717) is 16.4 Å². The van der Waals surface area contributed by atoms with E-state index in [1.807, 2.05) is 12.1 Å². The number of rotatable bonds is 5. The molecule has 2 N–H and O–H groups in total. The van der Waals surface area contributed by atoms with Crippen molar-refractivity contribution in [1.82, 2.24) is 0 Å². The number of thiocarbonyl (C=S) groups is 1. The molecule has 0 aromatic heterocycles. The lowest BCUT2D eigenvalue weighted by molar-refractivity contribution is 0.619. The van der Waals surface area contributed by atoms with Crippen LogP contribution in [0.15, 0.2) is 42.5 Å². The molecule has 4 heteroatoms. The molecule has 0 aliphatic rings. The Labute approximate surface area is 136 Å². The molecule has 0 saturated heterocycles. The summed E-state index contributed by atoms with van der Waals surface area (Å²) >= 11 is 5.28. The van der Waals surface area contributed by atoms with Crippen molar-refractivity contribution < 1.29 is 4.39 Å². The molecule has 0 radical (unpaired) electrons. The fourth-order valence-corrected chi connectivity index (χ4v) is 2.39. The normalized spacial score (nSPS) is 10.3. The van der Waals surface area contributed by atoms with E-state index in [1.165, 1.54) is 24.5 Å². The third-order valence-electron chi connectivity index (χ3n) is 3.55. The molecule has 0 amide bonds. The van der Waals surface area contributed by atoms with Gasteiger partial charge in [-0.1, -0.05) is 31.5 Å². The Balaban J connectivity index is 1.95. The van der Waals surface area contributed by atoms with Crippen molar-refractivity contribution in [2.75, 3.05) is 10.6 Å². The number of hydrogen-bond donors (Lipinski definition) is 2. The summed E-state index contributed by atoms with van der Waals surface area (Å²) in [7, 11) is 0. The van der Waals surface area contributed by atoms with Crippen LogP contribution in [0.1, 0.15) is 30.9 Å². The van der Waals surface area contributed by atoms with Gasteiger partial charge in [0.1, 0.15) is 5.82 Å². The van der Waals surface area contributed by atoms with Gasteiger partial charge in [-0.05, 0) is 61.8 Å². The molecule has 0 heterocycles. The minimum absolute atomic E-state index is 0.243. The van der Waals surface area contributed by atoms with E-state index in [0.717, 1.165) is 12.1 Å². The van der Waals surface area contributed by atoms with Crippen LogP contribution in [0.4, 0.5) is 15.8 Å². The van der Waals surface area contributed by atoms with Crippen LogP contribution in [0.25, 0.3) is 0 Å². The first-order valence-electron chi connectivity index (χ1n) is 7.52. The summed E-state index contributed by atoms with van der Waals surface area (Å²) in [5.74, 6) is -0.243. The standard InChI is InChI=1S/C18H21FN2S/c1-3-4-6-14-9-11-15(12-10-14)20-18(22)21-17-8-5-7-16(19)13(17)2/h5,7-12H,3-4,6H2,1-2H3,(H2,20,21,22). The molecule has 0 unspecified atom stereocenters. The Bertz CT molecular complexity index is 638. The Morgan fingerprint density at radius 2 is 1.82 bits per heavy atom. The van der Waals surface area contributed by atoms with Gasteiger partial charge in [-0.2, -0.15) is 0 Å². The van der Waals surface area contributed by atoms with Crippen molar-refractivity contribution in [3.05, 3.63) is 59.4 Å². The Morgan fingerprint density at radius 3 is 2.50 bits per heavy atom. The highest BCUT2D eigenvalue weighted by Crippen LogP contribution is 2.18. The maximum Gasteiger partial charge on any atom is 0.175 e. The van der Waals surface area contributed by atoms with Gasteiger partial charge in [0.2, 0.25) is 0 Å². The topological polar surface area (TPSA) is 24.1 Å². The zero-order valence-corrected chi connectivity index (χ0v) is 13.8. The van der Waals surface area contributed by atoms with Crippen molar-refractivity contribution >= 4 is 28.7 Å². The van der Waals surface area contributed by atoms with Crippen molar-refractivity contribution in [3.63, 3.8) is 0 Å². The molecule has 0 saturated carbocycles. The minimum atomic E-state index is -0.243. The van der Waals surface area contributed by atoms with Gasteiger partial charge in [-0.15, -0.1) is 0 Å². The highest BCUT2D eigenvalue weighted by molar-refractivity contribution is 7.80. The van der Waals surface area contributed by atoms with Crippen molar-refractivity contribution in [2.45, 2.75) is 33.1 Å². The van der Waals surface area contributed by atoms with Gasteiger partial charge in [0.15, 0.2) is 5.11 Å². The molecule has 0 bridgehead atoms. The van der Waals surface area contributed by atoms with Gasteiger partial charge in [0, 0.05) is 16.9 Å². The smallest absolute Gasteiger partial charge is 0.175 e. The van der Waals surface area contributed by atoms with Crippen LogP contribution >= 0.6 is 12.2 Å². The summed E-state index contributed by atoms with van der Waals surface area (Å²) < 4.78 is 13.5. The lowest BCUT2D eigenvalue weighted by atomic mass is 10.1. The summed E-state index contributed by atoms with van der Waals surface area (Å²) in [6, 6.07) is 13.1.